The van der Waals surface area contributed by atoms with Gasteiger partial charge in [0.2, 0.25) is 5.91 Å². The van der Waals surface area contributed by atoms with Gasteiger partial charge in [-0.15, -0.1) is 0 Å². The van der Waals surface area contributed by atoms with E-state index in [1.54, 1.807) is 7.05 Å². The summed E-state index contributed by atoms with van der Waals surface area (Å²) in [5.74, 6) is -0.107. The van der Waals surface area contributed by atoms with Crippen LogP contribution in [0.25, 0.3) is 10.9 Å². The first-order valence-corrected chi connectivity index (χ1v) is 5.01. The predicted octanol–water partition coefficient (Wildman–Crippen LogP) is 2.02. The minimum Gasteiger partial charge on any atom is -0.359 e. The van der Waals surface area contributed by atoms with Crippen LogP contribution in [-0.4, -0.2) is 17.9 Å². The SMILES string of the molecule is CNC(=O)C(C)c1cc2ccccc2[nH]1. The summed E-state index contributed by atoms with van der Waals surface area (Å²) in [7, 11) is 1.65. The Labute approximate surface area is 88.5 Å². The van der Waals surface area contributed by atoms with E-state index in [-0.39, 0.29) is 11.8 Å². The molecule has 2 aromatic rings. The Kier molecular flexibility index (Phi) is 2.46. The lowest BCUT2D eigenvalue weighted by Gasteiger charge is -2.06. The van der Waals surface area contributed by atoms with E-state index in [0.29, 0.717) is 0 Å². The van der Waals surface area contributed by atoms with E-state index in [2.05, 4.69) is 10.3 Å². The van der Waals surface area contributed by atoms with Crippen LogP contribution in [0.3, 0.4) is 0 Å². The third-order valence-electron chi connectivity index (χ3n) is 2.66. The lowest BCUT2D eigenvalue weighted by atomic mass is 10.1. The Morgan fingerprint density at radius 2 is 2.13 bits per heavy atom. The summed E-state index contributed by atoms with van der Waals surface area (Å²) in [5.41, 5.74) is 2.03. The van der Waals surface area contributed by atoms with E-state index < -0.39 is 0 Å². The van der Waals surface area contributed by atoms with Crippen LogP contribution in [0.4, 0.5) is 0 Å². The molecule has 15 heavy (non-hydrogen) atoms. The highest BCUT2D eigenvalue weighted by molar-refractivity contribution is 5.86. The fourth-order valence-electron chi connectivity index (χ4n) is 1.69. The highest BCUT2D eigenvalue weighted by Gasteiger charge is 2.15. The molecule has 0 aliphatic heterocycles. The molecule has 0 saturated carbocycles. The van der Waals surface area contributed by atoms with Crippen LogP contribution in [0.15, 0.2) is 30.3 Å². The van der Waals surface area contributed by atoms with Crippen LogP contribution in [0.1, 0.15) is 18.5 Å². The number of hydrogen-bond acceptors (Lipinski definition) is 1. The summed E-state index contributed by atoms with van der Waals surface area (Å²) in [6, 6.07) is 10.0. The first kappa shape index (κ1) is 9.77. The number of benzene rings is 1. The molecule has 1 aromatic heterocycles. The molecular formula is C12H14N2O. The Morgan fingerprint density at radius 3 is 2.80 bits per heavy atom. The van der Waals surface area contributed by atoms with Gasteiger partial charge in [0, 0.05) is 18.3 Å². The lowest BCUT2D eigenvalue weighted by molar-refractivity contribution is -0.121. The van der Waals surface area contributed by atoms with Gasteiger partial charge in [-0.2, -0.15) is 0 Å². The zero-order valence-corrected chi connectivity index (χ0v) is 8.87. The molecule has 1 unspecified atom stereocenters. The Morgan fingerprint density at radius 1 is 1.40 bits per heavy atom. The van der Waals surface area contributed by atoms with Crippen LogP contribution >= 0.6 is 0 Å². The summed E-state index contributed by atoms with van der Waals surface area (Å²) in [6.07, 6.45) is 0. The topological polar surface area (TPSA) is 44.9 Å². The van der Waals surface area contributed by atoms with Gasteiger partial charge in [0.1, 0.15) is 0 Å². The quantitative estimate of drug-likeness (QED) is 0.768. The van der Waals surface area contributed by atoms with Crippen molar-refractivity contribution < 1.29 is 4.79 Å². The first-order chi connectivity index (χ1) is 7.22. The van der Waals surface area contributed by atoms with Gasteiger partial charge in [-0.05, 0) is 24.4 Å². The highest BCUT2D eigenvalue weighted by Crippen LogP contribution is 2.20. The maximum atomic E-state index is 11.5. The van der Waals surface area contributed by atoms with E-state index in [9.17, 15) is 4.79 Å². The van der Waals surface area contributed by atoms with Gasteiger partial charge in [0.05, 0.1) is 5.92 Å². The van der Waals surface area contributed by atoms with Crippen molar-refractivity contribution in [3.63, 3.8) is 0 Å². The molecule has 78 valence electrons. The van der Waals surface area contributed by atoms with Crippen molar-refractivity contribution in [3.8, 4) is 0 Å². The van der Waals surface area contributed by atoms with E-state index in [1.165, 1.54) is 0 Å². The molecule has 1 amide bonds. The second-order valence-electron chi connectivity index (χ2n) is 3.65. The number of hydrogen-bond donors (Lipinski definition) is 2. The second kappa shape index (κ2) is 3.77. The number of aromatic amines is 1. The van der Waals surface area contributed by atoms with E-state index in [4.69, 9.17) is 0 Å². The monoisotopic (exact) mass is 202 g/mol. The molecule has 0 aliphatic rings. The molecule has 0 spiro atoms. The summed E-state index contributed by atoms with van der Waals surface area (Å²) in [6.45, 7) is 1.89. The molecule has 0 saturated heterocycles. The number of rotatable bonds is 2. The number of carbonyl (C=O) groups excluding carboxylic acids is 1. The summed E-state index contributed by atoms with van der Waals surface area (Å²) in [5, 5.41) is 3.79. The smallest absolute Gasteiger partial charge is 0.228 e. The maximum absolute atomic E-state index is 11.5. The van der Waals surface area contributed by atoms with E-state index in [1.807, 2.05) is 37.3 Å². The Balaban J connectivity index is 2.40. The van der Waals surface area contributed by atoms with Gasteiger partial charge in [0.15, 0.2) is 0 Å². The molecule has 3 nitrogen and oxygen atoms in total. The number of amides is 1. The molecule has 1 heterocycles. The first-order valence-electron chi connectivity index (χ1n) is 5.01. The van der Waals surface area contributed by atoms with Crippen molar-refractivity contribution in [1.82, 2.24) is 10.3 Å². The molecule has 0 radical (unpaired) electrons. The van der Waals surface area contributed by atoms with Crippen molar-refractivity contribution in [2.24, 2.45) is 0 Å². The van der Waals surface area contributed by atoms with Gasteiger partial charge in [-0.25, -0.2) is 0 Å². The van der Waals surface area contributed by atoms with Crippen LogP contribution in [0.2, 0.25) is 0 Å². The van der Waals surface area contributed by atoms with Crippen LogP contribution in [-0.2, 0) is 4.79 Å². The van der Waals surface area contributed by atoms with Gasteiger partial charge in [-0.1, -0.05) is 18.2 Å². The van der Waals surface area contributed by atoms with Crippen molar-refractivity contribution in [1.29, 1.82) is 0 Å². The van der Waals surface area contributed by atoms with Crippen LogP contribution < -0.4 is 5.32 Å². The van der Waals surface area contributed by atoms with Crippen molar-refractivity contribution in [3.05, 3.63) is 36.0 Å². The fourth-order valence-corrected chi connectivity index (χ4v) is 1.69. The fraction of sp³-hybridized carbons (Fsp3) is 0.250. The van der Waals surface area contributed by atoms with Gasteiger partial charge >= 0.3 is 0 Å². The zero-order valence-electron chi connectivity index (χ0n) is 8.87. The number of aromatic nitrogens is 1. The minimum absolute atomic E-state index is 0.0292. The largest absolute Gasteiger partial charge is 0.359 e. The van der Waals surface area contributed by atoms with Crippen LogP contribution in [0, 0.1) is 0 Å². The average molecular weight is 202 g/mol. The summed E-state index contributed by atoms with van der Waals surface area (Å²) >= 11 is 0. The summed E-state index contributed by atoms with van der Waals surface area (Å²) < 4.78 is 0. The van der Waals surface area contributed by atoms with Gasteiger partial charge < -0.3 is 10.3 Å². The lowest BCUT2D eigenvalue weighted by Crippen LogP contribution is -2.23. The second-order valence-corrected chi connectivity index (χ2v) is 3.65. The normalized spacial score (nSPS) is 12.7. The number of fused-ring (bicyclic) bond motifs is 1. The van der Waals surface area contributed by atoms with Crippen LogP contribution in [0.5, 0.6) is 0 Å². The van der Waals surface area contributed by atoms with Crippen molar-refractivity contribution >= 4 is 16.8 Å². The molecule has 2 N–H and O–H groups in total. The number of likely N-dealkylation sites (N-methyl/N-ethyl adjacent to an activating group) is 1. The van der Waals surface area contributed by atoms with Crippen molar-refractivity contribution in [2.75, 3.05) is 7.05 Å². The molecule has 2 rings (SSSR count). The summed E-state index contributed by atoms with van der Waals surface area (Å²) in [4.78, 5) is 14.7. The molecular weight excluding hydrogens is 188 g/mol. The van der Waals surface area contributed by atoms with Gasteiger partial charge in [-0.3, -0.25) is 4.79 Å². The molecule has 1 aromatic carbocycles. The number of H-pyrrole nitrogens is 1. The standard InChI is InChI=1S/C12H14N2O/c1-8(12(15)13-2)11-7-9-5-3-4-6-10(9)14-11/h3-8,14H,1-2H3,(H,13,15). The molecule has 1 atom stereocenters. The average Bonchev–Trinajstić information content (AvgIpc) is 2.70. The predicted molar refractivity (Wildman–Crippen MR) is 60.8 cm³/mol. The highest BCUT2D eigenvalue weighted by atomic mass is 16.1. The number of nitrogens with one attached hydrogen (secondary N) is 2. The Bertz CT molecular complexity index is 454. The van der Waals surface area contributed by atoms with E-state index >= 15 is 0 Å². The third kappa shape index (κ3) is 1.73. The van der Waals surface area contributed by atoms with Gasteiger partial charge in [0.25, 0.3) is 0 Å². The molecule has 3 heteroatoms. The Hall–Kier alpha value is -1.77. The number of para-hydroxylation sites is 1. The molecule has 0 fully saturated rings. The third-order valence-corrected chi connectivity index (χ3v) is 2.66. The van der Waals surface area contributed by atoms with Crippen molar-refractivity contribution in [2.45, 2.75) is 12.8 Å². The minimum atomic E-state index is -0.137. The maximum Gasteiger partial charge on any atom is 0.228 e. The number of carbonyl (C=O) groups is 1. The zero-order chi connectivity index (χ0) is 10.8. The molecule has 0 bridgehead atoms. The molecule has 0 aliphatic carbocycles. The van der Waals surface area contributed by atoms with E-state index in [0.717, 1.165) is 16.6 Å².